The van der Waals surface area contributed by atoms with Gasteiger partial charge >= 0.3 is 0 Å². The highest BCUT2D eigenvalue weighted by Crippen LogP contribution is 2.70. The first kappa shape index (κ1) is 37.4. The van der Waals surface area contributed by atoms with E-state index in [0.29, 0.717) is 21.7 Å². The van der Waals surface area contributed by atoms with Gasteiger partial charge in [0.15, 0.2) is 0 Å². The van der Waals surface area contributed by atoms with Crippen molar-refractivity contribution < 1.29 is 0 Å². The van der Waals surface area contributed by atoms with E-state index in [4.69, 9.17) is 0 Å². The number of hydrogen-bond acceptors (Lipinski definition) is 1. The number of hydrogen-bond donors (Lipinski definition) is 1. The third-order valence-electron chi connectivity index (χ3n) is 20.2. The second kappa shape index (κ2) is 14.2. The molecule has 0 aromatic carbocycles. The molecule has 0 aromatic heterocycles. The van der Waals surface area contributed by atoms with Crippen molar-refractivity contribution in [3.05, 3.63) is 23.3 Å². The largest absolute Gasteiger partial charge is 0.314 e. The highest BCUT2D eigenvalue weighted by molar-refractivity contribution is 5.27. The van der Waals surface area contributed by atoms with E-state index in [0.717, 1.165) is 71.1 Å². The van der Waals surface area contributed by atoms with Crippen molar-refractivity contribution in [1.29, 1.82) is 0 Å². The van der Waals surface area contributed by atoms with Crippen LogP contribution in [0.4, 0.5) is 0 Å². The Morgan fingerprint density at radius 3 is 1.73 bits per heavy atom. The number of fused-ring (bicyclic) bond motifs is 10. The molecule has 0 bridgehead atoms. The molecule has 51 heavy (non-hydrogen) atoms. The quantitative estimate of drug-likeness (QED) is 0.224. The third kappa shape index (κ3) is 6.07. The maximum Gasteiger partial charge on any atom is 0.0105 e. The molecule has 0 aliphatic heterocycles. The van der Waals surface area contributed by atoms with Gasteiger partial charge in [-0.05, 0) is 209 Å². The van der Waals surface area contributed by atoms with Crippen LogP contribution in [-0.2, 0) is 0 Å². The molecule has 6 fully saturated rings. The average Bonchev–Trinajstić information content (AvgIpc) is 3.66. The van der Waals surface area contributed by atoms with Gasteiger partial charge in [-0.15, -0.1) is 0 Å². The van der Waals surface area contributed by atoms with Gasteiger partial charge in [-0.1, -0.05) is 98.0 Å². The molecule has 1 nitrogen and oxygen atoms in total. The van der Waals surface area contributed by atoms with Crippen LogP contribution in [-0.4, -0.2) is 12.6 Å². The Morgan fingerprint density at radius 1 is 0.627 bits per heavy atom. The Morgan fingerprint density at radius 2 is 1.18 bits per heavy atom. The second-order valence-corrected chi connectivity index (χ2v) is 22.3. The van der Waals surface area contributed by atoms with Crippen molar-refractivity contribution >= 4 is 0 Å². The summed E-state index contributed by atoms with van der Waals surface area (Å²) in [6.07, 6.45) is 36.3. The fraction of sp³-hybridized carbons (Fsp3) is 0.920. The third-order valence-corrected chi connectivity index (χ3v) is 20.2. The minimum atomic E-state index is 0.488. The van der Waals surface area contributed by atoms with Gasteiger partial charge < -0.3 is 5.32 Å². The molecule has 6 saturated carbocycles. The summed E-state index contributed by atoms with van der Waals surface area (Å²) in [7, 11) is 0. The Bertz CT molecular complexity index is 1210. The first-order valence-electron chi connectivity index (χ1n) is 23.6. The molecule has 0 saturated heterocycles. The summed E-state index contributed by atoms with van der Waals surface area (Å²) in [6.45, 7) is 22.5. The Kier molecular flexibility index (Phi) is 10.4. The summed E-state index contributed by atoms with van der Waals surface area (Å²) in [5, 5.41) is 3.89. The topological polar surface area (TPSA) is 12.0 Å². The van der Waals surface area contributed by atoms with Gasteiger partial charge in [-0.25, -0.2) is 0 Å². The van der Waals surface area contributed by atoms with Crippen LogP contribution in [0.25, 0.3) is 0 Å². The SMILES string of the molecule is CCCC[C@H]1CCC2(C)C(=CC[C@@H]3C2CCC2(C)C([C@H](C)C[C@@H](C)C4CC[C@H]5[C@@H]6CC=C7C[C@@H](NCCC)CCC7(C)C6CCC45C)CC[C@@H]32)C1. The van der Waals surface area contributed by atoms with Crippen LogP contribution < -0.4 is 5.32 Å². The van der Waals surface area contributed by atoms with E-state index in [-0.39, 0.29) is 0 Å². The molecule has 1 heteroatoms. The van der Waals surface area contributed by atoms with E-state index in [1.807, 2.05) is 11.1 Å². The lowest BCUT2D eigenvalue weighted by molar-refractivity contribution is -0.0615. The van der Waals surface area contributed by atoms with Gasteiger partial charge in [-0.2, -0.15) is 0 Å². The van der Waals surface area contributed by atoms with E-state index < -0.39 is 0 Å². The van der Waals surface area contributed by atoms with Crippen LogP contribution in [0.5, 0.6) is 0 Å². The zero-order valence-electron chi connectivity index (χ0n) is 35.1. The minimum absolute atomic E-state index is 0.488. The number of rotatable bonds is 10. The van der Waals surface area contributed by atoms with Crippen molar-refractivity contribution in [2.45, 2.75) is 196 Å². The summed E-state index contributed by atoms with van der Waals surface area (Å²) < 4.78 is 0. The molecule has 288 valence electrons. The van der Waals surface area contributed by atoms with Crippen molar-refractivity contribution in [2.75, 3.05) is 6.54 Å². The van der Waals surface area contributed by atoms with Gasteiger partial charge in [0, 0.05) is 6.04 Å². The van der Waals surface area contributed by atoms with Crippen LogP contribution >= 0.6 is 0 Å². The summed E-state index contributed by atoms with van der Waals surface area (Å²) in [5.41, 5.74) is 5.96. The van der Waals surface area contributed by atoms with E-state index in [1.54, 1.807) is 0 Å². The lowest BCUT2D eigenvalue weighted by Gasteiger charge is -2.59. The predicted octanol–water partition coefficient (Wildman–Crippen LogP) is 14.0. The molecule has 8 aliphatic carbocycles. The van der Waals surface area contributed by atoms with Gasteiger partial charge in [0.1, 0.15) is 0 Å². The average molecular weight is 698 g/mol. The van der Waals surface area contributed by atoms with Crippen LogP contribution in [0.3, 0.4) is 0 Å². The highest BCUT2D eigenvalue weighted by atomic mass is 14.9. The molecule has 8 unspecified atom stereocenters. The van der Waals surface area contributed by atoms with Gasteiger partial charge in [-0.3, -0.25) is 0 Å². The smallest absolute Gasteiger partial charge is 0.0105 e. The first-order valence-corrected chi connectivity index (χ1v) is 23.6. The first-order chi connectivity index (χ1) is 24.5. The van der Waals surface area contributed by atoms with Crippen LogP contribution in [0.1, 0.15) is 190 Å². The predicted molar refractivity (Wildman–Crippen MR) is 218 cm³/mol. The normalized spacial score (nSPS) is 50.0. The Hall–Kier alpha value is -0.560. The number of unbranched alkanes of at least 4 members (excludes halogenated alkanes) is 1. The van der Waals surface area contributed by atoms with Crippen LogP contribution in [0, 0.1) is 86.8 Å². The van der Waals surface area contributed by atoms with Gasteiger partial charge in [0.05, 0.1) is 0 Å². The van der Waals surface area contributed by atoms with E-state index in [2.05, 4.69) is 72.9 Å². The van der Waals surface area contributed by atoms with Crippen molar-refractivity contribution in [1.82, 2.24) is 5.32 Å². The van der Waals surface area contributed by atoms with Crippen molar-refractivity contribution in [3.63, 3.8) is 0 Å². The van der Waals surface area contributed by atoms with E-state index in [9.17, 15) is 0 Å². The zero-order chi connectivity index (χ0) is 35.8. The molecule has 0 aromatic rings. The standard InChI is InChI=1S/C50H83N/c1-9-11-12-35-21-25-47(5)36(31-35)13-15-39-43-19-17-41(49(43,7)27-23-45(39)47)33(3)30-34(4)42-18-20-44-40-16-14-37-32-38(51-29-10-2)22-26-48(37,6)46(40)24-28-50(42,44)8/h13-14,33-35,38-46,51H,9-12,15-32H2,1-8H3/t33-,34-,35+,38+,39+,40+,41?,42?,43+,44+,45?,46?,47?,48?,49?,50?/m1/s1. The van der Waals surface area contributed by atoms with Gasteiger partial charge in [0.25, 0.3) is 0 Å². The van der Waals surface area contributed by atoms with Gasteiger partial charge in [0.2, 0.25) is 0 Å². The number of allylic oxidation sites excluding steroid dienone is 3. The molecular formula is C50H83N. The molecule has 16 atom stereocenters. The summed E-state index contributed by atoms with van der Waals surface area (Å²) >= 11 is 0. The van der Waals surface area contributed by atoms with Crippen molar-refractivity contribution in [3.8, 4) is 0 Å². The van der Waals surface area contributed by atoms with Crippen molar-refractivity contribution in [2.24, 2.45) is 86.8 Å². The second-order valence-electron chi connectivity index (χ2n) is 22.3. The van der Waals surface area contributed by atoms with E-state index >= 15 is 0 Å². The molecule has 0 spiro atoms. The maximum absolute atomic E-state index is 3.89. The maximum atomic E-state index is 3.89. The molecule has 0 heterocycles. The minimum Gasteiger partial charge on any atom is -0.314 e. The fourth-order valence-electron chi connectivity index (χ4n) is 17.5. The zero-order valence-corrected chi connectivity index (χ0v) is 35.1. The summed E-state index contributed by atoms with van der Waals surface area (Å²) in [6, 6.07) is 0.733. The summed E-state index contributed by atoms with van der Waals surface area (Å²) in [4.78, 5) is 0. The summed E-state index contributed by atoms with van der Waals surface area (Å²) in [5.74, 6) is 10.5. The molecule has 1 N–H and O–H groups in total. The molecule has 8 aliphatic rings. The molecule has 8 rings (SSSR count). The van der Waals surface area contributed by atoms with E-state index in [1.165, 1.54) is 141 Å². The Labute approximate surface area is 317 Å². The highest BCUT2D eigenvalue weighted by Gasteiger charge is 2.61. The fourth-order valence-corrected chi connectivity index (χ4v) is 17.5. The Balaban J connectivity index is 0.912. The lowest BCUT2D eigenvalue weighted by Crippen LogP contribution is -2.52. The van der Waals surface area contributed by atoms with Crippen LogP contribution in [0.15, 0.2) is 23.3 Å². The molecule has 0 radical (unpaired) electrons. The lowest BCUT2D eigenvalue weighted by atomic mass is 9.46. The number of nitrogens with one attached hydrogen (secondary N) is 1. The molecule has 0 amide bonds. The van der Waals surface area contributed by atoms with Crippen LogP contribution in [0.2, 0.25) is 0 Å². The monoisotopic (exact) mass is 698 g/mol. The molecular weight excluding hydrogens is 615 g/mol.